The van der Waals surface area contributed by atoms with E-state index >= 15 is 0 Å². The van der Waals surface area contributed by atoms with Crippen molar-refractivity contribution in [3.63, 3.8) is 0 Å². The first-order valence-electron chi connectivity index (χ1n) is 8.24. The molecule has 0 aliphatic rings. The summed E-state index contributed by atoms with van der Waals surface area (Å²) in [7, 11) is 0. The summed E-state index contributed by atoms with van der Waals surface area (Å²) in [4.78, 5) is 16.5. The Morgan fingerprint density at radius 1 is 1.22 bits per heavy atom. The van der Waals surface area contributed by atoms with E-state index in [1.54, 1.807) is 36.8 Å². The molecule has 1 aromatic carbocycles. The normalized spacial score (nSPS) is 12.1. The molecule has 0 fully saturated rings. The molecule has 1 aromatic heterocycles. The minimum atomic E-state index is -0.0890. The third kappa shape index (κ3) is 5.71. The molecule has 1 amide bonds. The molecule has 0 saturated heterocycles. The maximum Gasteiger partial charge on any atom is 0.252 e. The van der Waals surface area contributed by atoms with Crippen molar-refractivity contribution in [3.8, 4) is 0 Å². The second-order valence-electron chi connectivity index (χ2n) is 5.71. The predicted octanol–water partition coefficient (Wildman–Crippen LogP) is 4.83. The first-order chi connectivity index (χ1) is 11.2. The van der Waals surface area contributed by atoms with E-state index in [9.17, 15) is 4.79 Å². The molecule has 5 heteroatoms. The van der Waals surface area contributed by atoms with Crippen molar-refractivity contribution in [2.45, 2.75) is 51.6 Å². The molecule has 0 spiro atoms. The second kappa shape index (κ2) is 9.36. The summed E-state index contributed by atoms with van der Waals surface area (Å²) in [5.41, 5.74) is 0.616. The predicted molar refractivity (Wildman–Crippen MR) is 93.6 cm³/mol. The standard InChI is InChI=1S/C18H24ClN3O/c1-2-3-4-5-6-7-17(22-13-12-20-14-22)21-18(23)15-8-10-16(19)11-9-15/h8-14,17H,2-7H2,1H3,(H,21,23). The number of imidazole rings is 1. The van der Waals surface area contributed by atoms with E-state index in [4.69, 9.17) is 11.6 Å². The van der Waals surface area contributed by atoms with Crippen LogP contribution in [0.2, 0.25) is 5.02 Å². The number of nitrogens with zero attached hydrogens (tertiary/aromatic N) is 2. The minimum absolute atomic E-state index is 0.0673. The Bertz CT molecular complexity index is 581. The Labute approximate surface area is 142 Å². The van der Waals surface area contributed by atoms with Gasteiger partial charge in [-0.1, -0.05) is 44.2 Å². The number of benzene rings is 1. The first-order valence-corrected chi connectivity index (χ1v) is 8.62. The fourth-order valence-electron chi connectivity index (χ4n) is 2.53. The highest BCUT2D eigenvalue weighted by Gasteiger charge is 2.14. The van der Waals surface area contributed by atoms with Crippen LogP contribution in [0.4, 0.5) is 0 Å². The van der Waals surface area contributed by atoms with Gasteiger partial charge in [0.25, 0.3) is 5.91 Å². The molecule has 0 aliphatic carbocycles. The molecular formula is C18H24ClN3O. The summed E-state index contributed by atoms with van der Waals surface area (Å²) in [6, 6.07) is 6.94. The molecule has 124 valence electrons. The van der Waals surface area contributed by atoms with E-state index in [0.29, 0.717) is 10.6 Å². The number of hydrogen-bond donors (Lipinski definition) is 1. The van der Waals surface area contributed by atoms with Crippen LogP contribution in [-0.4, -0.2) is 15.5 Å². The van der Waals surface area contributed by atoms with E-state index in [-0.39, 0.29) is 12.1 Å². The van der Waals surface area contributed by atoms with Gasteiger partial charge in [-0.25, -0.2) is 4.98 Å². The van der Waals surface area contributed by atoms with Crippen LogP contribution in [-0.2, 0) is 0 Å². The lowest BCUT2D eigenvalue weighted by molar-refractivity contribution is 0.0915. The molecule has 2 rings (SSSR count). The van der Waals surface area contributed by atoms with E-state index in [1.807, 2.05) is 10.8 Å². The van der Waals surface area contributed by atoms with Gasteiger partial charge in [0.15, 0.2) is 0 Å². The van der Waals surface area contributed by atoms with Crippen molar-refractivity contribution in [1.29, 1.82) is 0 Å². The van der Waals surface area contributed by atoms with E-state index in [1.165, 1.54) is 25.7 Å². The van der Waals surface area contributed by atoms with Crippen LogP contribution in [0.1, 0.15) is 62.0 Å². The molecule has 1 N–H and O–H groups in total. The Hall–Kier alpha value is -1.81. The van der Waals surface area contributed by atoms with Gasteiger partial charge in [-0.05, 0) is 37.1 Å². The second-order valence-corrected chi connectivity index (χ2v) is 6.15. The maximum atomic E-state index is 12.4. The van der Waals surface area contributed by atoms with Crippen LogP contribution in [0.5, 0.6) is 0 Å². The average molecular weight is 334 g/mol. The molecule has 0 radical (unpaired) electrons. The monoisotopic (exact) mass is 333 g/mol. The summed E-state index contributed by atoms with van der Waals surface area (Å²) in [6.45, 7) is 2.21. The fourth-order valence-corrected chi connectivity index (χ4v) is 2.65. The third-order valence-corrected chi connectivity index (χ3v) is 4.12. The van der Waals surface area contributed by atoms with Crippen LogP contribution in [0.3, 0.4) is 0 Å². The van der Waals surface area contributed by atoms with Crippen molar-refractivity contribution < 1.29 is 4.79 Å². The number of aromatic nitrogens is 2. The molecule has 4 nitrogen and oxygen atoms in total. The van der Waals surface area contributed by atoms with Gasteiger partial charge in [0.2, 0.25) is 0 Å². The zero-order chi connectivity index (χ0) is 16.5. The van der Waals surface area contributed by atoms with Gasteiger partial charge in [0, 0.05) is 23.0 Å². The topological polar surface area (TPSA) is 46.9 Å². The SMILES string of the molecule is CCCCCCCC(NC(=O)c1ccc(Cl)cc1)n1ccnc1. The number of carbonyl (C=O) groups is 1. The van der Waals surface area contributed by atoms with Gasteiger partial charge >= 0.3 is 0 Å². The highest BCUT2D eigenvalue weighted by Crippen LogP contribution is 2.16. The minimum Gasteiger partial charge on any atom is -0.331 e. The summed E-state index contributed by atoms with van der Waals surface area (Å²) in [6.07, 6.45) is 12.2. The fraction of sp³-hybridized carbons (Fsp3) is 0.444. The molecule has 0 saturated carbocycles. The highest BCUT2D eigenvalue weighted by molar-refractivity contribution is 6.30. The van der Waals surface area contributed by atoms with E-state index in [0.717, 1.165) is 12.8 Å². The summed E-state index contributed by atoms with van der Waals surface area (Å²) < 4.78 is 1.95. The van der Waals surface area contributed by atoms with Gasteiger partial charge in [0.1, 0.15) is 6.17 Å². The number of amides is 1. The summed E-state index contributed by atoms with van der Waals surface area (Å²) in [5, 5.41) is 3.72. The van der Waals surface area contributed by atoms with Crippen LogP contribution >= 0.6 is 11.6 Å². The molecule has 2 aromatic rings. The first kappa shape index (κ1) is 17.5. The van der Waals surface area contributed by atoms with Crippen molar-refractivity contribution in [3.05, 3.63) is 53.6 Å². The van der Waals surface area contributed by atoms with Gasteiger partial charge in [-0.15, -0.1) is 0 Å². The van der Waals surface area contributed by atoms with Crippen LogP contribution in [0, 0.1) is 0 Å². The van der Waals surface area contributed by atoms with Gasteiger partial charge in [-0.3, -0.25) is 4.79 Å². The molecular weight excluding hydrogens is 310 g/mol. The Morgan fingerprint density at radius 2 is 1.96 bits per heavy atom. The van der Waals surface area contributed by atoms with E-state index < -0.39 is 0 Å². The summed E-state index contributed by atoms with van der Waals surface area (Å²) in [5.74, 6) is -0.0890. The number of halogens is 1. The zero-order valence-corrected chi connectivity index (χ0v) is 14.3. The largest absolute Gasteiger partial charge is 0.331 e. The third-order valence-electron chi connectivity index (χ3n) is 3.87. The number of rotatable bonds is 9. The molecule has 23 heavy (non-hydrogen) atoms. The molecule has 1 atom stereocenters. The number of hydrogen-bond acceptors (Lipinski definition) is 2. The quantitative estimate of drug-likeness (QED) is 0.668. The number of nitrogens with one attached hydrogen (secondary N) is 1. The Morgan fingerprint density at radius 3 is 2.61 bits per heavy atom. The highest BCUT2D eigenvalue weighted by atomic mass is 35.5. The maximum absolute atomic E-state index is 12.4. The Kier molecular flexibility index (Phi) is 7.14. The average Bonchev–Trinajstić information content (AvgIpc) is 3.08. The molecule has 0 aliphatic heterocycles. The number of carbonyl (C=O) groups excluding carboxylic acids is 1. The van der Waals surface area contributed by atoms with Crippen molar-refractivity contribution in [2.75, 3.05) is 0 Å². The molecule has 1 heterocycles. The van der Waals surface area contributed by atoms with Crippen molar-refractivity contribution in [1.82, 2.24) is 14.9 Å². The zero-order valence-electron chi connectivity index (χ0n) is 13.5. The Balaban J connectivity index is 1.94. The number of unbranched alkanes of at least 4 members (excludes halogenated alkanes) is 4. The molecule has 1 unspecified atom stereocenters. The van der Waals surface area contributed by atoms with Crippen molar-refractivity contribution in [2.24, 2.45) is 0 Å². The van der Waals surface area contributed by atoms with Crippen molar-refractivity contribution >= 4 is 17.5 Å². The van der Waals surface area contributed by atoms with Gasteiger partial charge in [0.05, 0.1) is 6.33 Å². The molecule has 0 bridgehead atoms. The smallest absolute Gasteiger partial charge is 0.252 e. The van der Waals surface area contributed by atoms with Crippen LogP contribution < -0.4 is 5.32 Å². The van der Waals surface area contributed by atoms with E-state index in [2.05, 4.69) is 17.2 Å². The lowest BCUT2D eigenvalue weighted by Crippen LogP contribution is -2.32. The van der Waals surface area contributed by atoms with Crippen LogP contribution in [0.15, 0.2) is 43.0 Å². The lowest BCUT2D eigenvalue weighted by Gasteiger charge is -2.20. The van der Waals surface area contributed by atoms with Gasteiger partial charge < -0.3 is 9.88 Å². The summed E-state index contributed by atoms with van der Waals surface area (Å²) >= 11 is 5.87. The van der Waals surface area contributed by atoms with Crippen LogP contribution in [0.25, 0.3) is 0 Å². The van der Waals surface area contributed by atoms with Gasteiger partial charge in [-0.2, -0.15) is 0 Å². The lowest BCUT2D eigenvalue weighted by atomic mass is 10.1.